The Labute approximate surface area is 193 Å². The van der Waals surface area contributed by atoms with Crippen LogP contribution in [-0.2, 0) is 26.6 Å². The summed E-state index contributed by atoms with van der Waals surface area (Å²) in [5, 5.41) is 10.9. The second-order valence-corrected chi connectivity index (χ2v) is 12.9. The van der Waals surface area contributed by atoms with Crippen LogP contribution in [0.15, 0.2) is 46.2 Å². The van der Waals surface area contributed by atoms with Crippen molar-refractivity contribution in [3.05, 3.63) is 53.1 Å². The quantitative estimate of drug-likeness (QED) is 0.489. The number of rotatable bonds is 7. The molecule has 0 radical (unpaired) electrons. The molecule has 0 fully saturated rings. The van der Waals surface area contributed by atoms with Crippen molar-refractivity contribution < 1.29 is 13.5 Å². The van der Waals surface area contributed by atoms with Crippen molar-refractivity contribution in [2.24, 2.45) is 0 Å². The molecule has 0 aliphatic heterocycles. The van der Waals surface area contributed by atoms with Crippen LogP contribution >= 0.6 is 11.8 Å². The van der Waals surface area contributed by atoms with Crippen LogP contribution in [0.2, 0.25) is 0 Å². The molecular weight excluding hydrogens is 426 g/mol. The topological polar surface area (TPSA) is 57.6 Å². The van der Waals surface area contributed by atoms with Gasteiger partial charge in [0.25, 0.3) is 0 Å². The molecule has 0 spiro atoms. The number of phenols is 1. The van der Waals surface area contributed by atoms with E-state index < -0.39 is 10.0 Å². The molecule has 1 N–H and O–H groups in total. The first kappa shape index (κ1) is 25.8. The number of sulfonamides is 1. The predicted molar refractivity (Wildman–Crippen MR) is 132 cm³/mol. The standard InChI is InChI=1S/C25H37NO3S2/c1-9-26(10-2)31(28,29)20-13-11-18(12-14-20)17-30-19-15-21(24(3,4)5)23(27)22(16-19)25(6,7)8/h11-16,27H,9-10,17H2,1-8H3. The molecule has 6 heteroatoms. The molecule has 0 saturated carbocycles. The number of phenolic OH excluding ortho intramolecular Hbond substituents is 1. The highest BCUT2D eigenvalue weighted by Crippen LogP contribution is 2.42. The van der Waals surface area contributed by atoms with Crippen LogP contribution in [-0.4, -0.2) is 30.9 Å². The molecule has 172 valence electrons. The van der Waals surface area contributed by atoms with Gasteiger partial charge in [0.2, 0.25) is 10.0 Å². The molecule has 0 bridgehead atoms. The highest BCUT2D eigenvalue weighted by atomic mass is 32.2. The van der Waals surface area contributed by atoms with Crippen molar-refractivity contribution in [1.82, 2.24) is 4.31 Å². The molecule has 0 saturated heterocycles. The average Bonchev–Trinajstić information content (AvgIpc) is 2.66. The summed E-state index contributed by atoms with van der Waals surface area (Å²) in [5.74, 6) is 1.11. The molecule has 0 heterocycles. The summed E-state index contributed by atoms with van der Waals surface area (Å²) < 4.78 is 26.8. The third-order valence-electron chi connectivity index (χ3n) is 5.37. The lowest BCUT2D eigenvalue weighted by atomic mass is 9.79. The average molecular weight is 464 g/mol. The first-order chi connectivity index (χ1) is 14.2. The van der Waals surface area contributed by atoms with E-state index in [2.05, 4.69) is 53.7 Å². The van der Waals surface area contributed by atoms with Gasteiger partial charge in [0.05, 0.1) is 4.90 Å². The second-order valence-electron chi connectivity index (χ2n) is 9.89. The van der Waals surface area contributed by atoms with E-state index in [1.165, 1.54) is 4.31 Å². The van der Waals surface area contributed by atoms with Crippen molar-refractivity contribution in [3.63, 3.8) is 0 Å². The van der Waals surface area contributed by atoms with Crippen LogP contribution in [0.3, 0.4) is 0 Å². The van der Waals surface area contributed by atoms with Crippen molar-refractivity contribution >= 4 is 21.8 Å². The number of hydrogen-bond donors (Lipinski definition) is 1. The molecule has 0 amide bonds. The van der Waals surface area contributed by atoms with E-state index in [-0.39, 0.29) is 10.8 Å². The van der Waals surface area contributed by atoms with Gasteiger partial charge in [0.1, 0.15) is 5.75 Å². The Hall–Kier alpha value is -1.50. The van der Waals surface area contributed by atoms with Crippen LogP contribution in [0.5, 0.6) is 5.75 Å². The Morgan fingerprint density at radius 1 is 0.871 bits per heavy atom. The maximum Gasteiger partial charge on any atom is 0.243 e. The van der Waals surface area contributed by atoms with Gasteiger partial charge in [-0.25, -0.2) is 8.42 Å². The second kappa shape index (κ2) is 9.55. The molecule has 0 aliphatic carbocycles. The van der Waals surface area contributed by atoms with Gasteiger partial charge in [-0.2, -0.15) is 4.31 Å². The van der Waals surface area contributed by atoms with Crippen LogP contribution in [0, 0.1) is 0 Å². The number of thioether (sulfide) groups is 1. The molecule has 4 nitrogen and oxygen atoms in total. The third kappa shape index (κ3) is 6.05. The summed E-state index contributed by atoms with van der Waals surface area (Å²) in [6, 6.07) is 11.3. The van der Waals surface area contributed by atoms with Gasteiger partial charge in [-0.05, 0) is 40.7 Å². The van der Waals surface area contributed by atoms with Crippen molar-refractivity contribution in [1.29, 1.82) is 0 Å². The van der Waals surface area contributed by atoms with E-state index >= 15 is 0 Å². The summed E-state index contributed by atoms with van der Waals surface area (Å²) in [7, 11) is -3.44. The molecule has 0 atom stereocenters. The largest absolute Gasteiger partial charge is 0.507 e. The SMILES string of the molecule is CCN(CC)S(=O)(=O)c1ccc(CSc2cc(C(C)(C)C)c(O)c(C(C)(C)C)c2)cc1. The van der Waals surface area contributed by atoms with E-state index in [1.54, 1.807) is 23.9 Å². The highest BCUT2D eigenvalue weighted by Gasteiger charge is 2.26. The Bertz CT molecular complexity index is 960. The fraction of sp³-hybridized carbons (Fsp3) is 0.520. The molecule has 0 aromatic heterocycles. The van der Waals surface area contributed by atoms with Crippen molar-refractivity contribution in [3.8, 4) is 5.75 Å². The zero-order valence-corrected chi connectivity index (χ0v) is 21.7. The van der Waals surface area contributed by atoms with Gasteiger partial charge in [-0.3, -0.25) is 0 Å². The minimum Gasteiger partial charge on any atom is -0.507 e. The molecule has 2 aromatic rings. The Morgan fingerprint density at radius 3 is 1.71 bits per heavy atom. The molecule has 2 rings (SSSR count). The lowest BCUT2D eigenvalue weighted by Crippen LogP contribution is -2.30. The van der Waals surface area contributed by atoms with E-state index in [9.17, 15) is 13.5 Å². The Kier molecular flexibility index (Phi) is 7.94. The van der Waals surface area contributed by atoms with Gasteiger partial charge in [-0.1, -0.05) is 67.5 Å². The van der Waals surface area contributed by atoms with E-state index in [0.29, 0.717) is 23.7 Å². The molecule has 31 heavy (non-hydrogen) atoms. The number of aromatic hydroxyl groups is 1. The summed E-state index contributed by atoms with van der Waals surface area (Å²) in [6.07, 6.45) is 0. The Balaban J connectivity index is 2.29. The first-order valence-corrected chi connectivity index (χ1v) is 13.2. The molecule has 0 aliphatic rings. The lowest BCUT2D eigenvalue weighted by Gasteiger charge is -2.28. The minimum atomic E-state index is -3.44. The van der Waals surface area contributed by atoms with Gasteiger partial charge in [0.15, 0.2) is 0 Å². The monoisotopic (exact) mass is 463 g/mol. The van der Waals surface area contributed by atoms with E-state index in [4.69, 9.17) is 0 Å². The molecule has 2 aromatic carbocycles. The summed E-state index contributed by atoms with van der Waals surface area (Å²) in [6.45, 7) is 17.3. The predicted octanol–water partition coefficient (Wildman–Crippen LogP) is 6.31. The van der Waals surface area contributed by atoms with Crippen LogP contribution in [0.4, 0.5) is 0 Å². The zero-order chi connectivity index (χ0) is 23.6. The number of hydrogen-bond acceptors (Lipinski definition) is 4. The smallest absolute Gasteiger partial charge is 0.243 e. The third-order valence-corrected chi connectivity index (χ3v) is 8.48. The van der Waals surface area contributed by atoms with Crippen LogP contribution in [0.25, 0.3) is 0 Å². The number of nitrogens with zero attached hydrogens (tertiary/aromatic N) is 1. The van der Waals surface area contributed by atoms with Gasteiger partial charge >= 0.3 is 0 Å². The zero-order valence-electron chi connectivity index (χ0n) is 20.1. The van der Waals surface area contributed by atoms with Gasteiger partial charge in [-0.15, -0.1) is 11.8 Å². The minimum absolute atomic E-state index is 0.166. The molecular formula is C25H37NO3S2. The highest BCUT2D eigenvalue weighted by molar-refractivity contribution is 7.98. The fourth-order valence-electron chi connectivity index (χ4n) is 3.47. The van der Waals surface area contributed by atoms with Crippen LogP contribution in [0.1, 0.15) is 72.1 Å². The summed E-state index contributed by atoms with van der Waals surface area (Å²) in [5.41, 5.74) is 2.62. The normalized spacial score (nSPS) is 13.1. The lowest BCUT2D eigenvalue weighted by molar-refractivity contribution is 0.422. The van der Waals surface area contributed by atoms with Crippen molar-refractivity contribution in [2.45, 2.75) is 81.8 Å². The maximum atomic E-state index is 12.7. The Morgan fingerprint density at radius 2 is 1.32 bits per heavy atom. The van der Waals surface area contributed by atoms with Gasteiger partial charge in [0, 0.05) is 34.9 Å². The van der Waals surface area contributed by atoms with Gasteiger partial charge < -0.3 is 5.11 Å². The maximum absolute atomic E-state index is 12.7. The van der Waals surface area contributed by atoms with Crippen LogP contribution < -0.4 is 0 Å². The molecule has 0 unspecified atom stereocenters. The summed E-state index contributed by atoms with van der Waals surface area (Å²) >= 11 is 1.70. The summed E-state index contributed by atoms with van der Waals surface area (Å²) in [4.78, 5) is 1.44. The first-order valence-electron chi connectivity index (χ1n) is 10.8. The van der Waals surface area contributed by atoms with Crippen molar-refractivity contribution in [2.75, 3.05) is 13.1 Å². The fourth-order valence-corrected chi connectivity index (χ4v) is 5.86. The van der Waals surface area contributed by atoms with E-state index in [1.807, 2.05) is 26.0 Å². The number of benzene rings is 2. The van der Waals surface area contributed by atoms with E-state index in [0.717, 1.165) is 27.3 Å².